The standard InChI is InChI=1S/C26H31N7O5/c1-2-3-12-36-26(35)33-11-10-31(23-6-7-28-25(30-23)32-9-8-27-17-32)16-20(33)14-24(34)29-15-19-4-5-21-22(13-19)38-18-37-21/h4-9,13,17,20H,2-3,10-12,14-16,18H2,1H3,(H,29,34). The number of amides is 2. The Morgan fingerprint density at radius 3 is 2.89 bits per heavy atom. The van der Waals surface area contributed by atoms with Crippen LogP contribution in [-0.2, 0) is 16.1 Å². The highest BCUT2D eigenvalue weighted by Crippen LogP contribution is 2.32. The Balaban J connectivity index is 1.26. The molecule has 200 valence electrons. The van der Waals surface area contributed by atoms with E-state index >= 15 is 0 Å². The molecule has 1 unspecified atom stereocenters. The topological polar surface area (TPSA) is 124 Å². The van der Waals surface area contributed by atoms with Crippen molar-refractivity contribution in [3.05, 3.63) is 54.7 Å². The Kier molecular flexibility index (Phi) is 7.86. The van der Waals surface area contributed by atoms with Crippen molar-refractivity contribution in [2.24, 2.45) is 0 Å². The summed E-state index contributed by atoms with van der Waals surface area (Å²) < 4.78 is 18.0. The first-order valence-corrected chi connectivity index (χ1v) is 12.8. The van der Waals surface area contributed by atoms with Gasteiger partial charge in [-0.1, -0.05) is 19.4 Å². The third kappa shape index (κ3) is 5.96. The van der Waals surface area contributed by atoms with Crippen LogP contribution < -0.4 is 19.7 Å². The second kappa shape index (κ2) is 11.8. The first-order valence-electron chi connectivity index (χ1n) is 12.8. The van der Waals surface area contributed by atoms with E-state index in [1.54, 1.807) is 34.4 Å². The van der Waals surface area contributed by atoms with Crippen LogP contribution in [0.15, 0.2) is 49.2 Å². The first-order chi connectivity index (χ1) is 18.6. The van der Waals surface area contributed by atoms with E-state index in [0.717, 1.165) is 18.4 Å². The van der Waals surface area contributed by atoms with E-state index in [0.29, 0.717) is 56.1 Å². The first kappa shape index (κ1) is 25.3. The lowest BCUT2D eigenvalue weighted by Gasteiger charge is -2.41. The molecule has 0 radical (unpaired) electrons. The van der Waals surface area contributed by atoms with Gasteiger partial charge in [0.1, 0.15) is 12.1 Å². The smallest absolute Gasteiger partial charge is 0.410 e. The molecule has 1 aromatic carbocycles. The van der Waals surface area contributed by atoms with Crippen LogP contribution >= 0.6 is 0 Å². The van der Waals surface area contributed by atoms with E-state index < -0.39 is 6.09 Å². The molecule has 12 nitrogen and oxygen atoms in total. The van der Waals surface area contributed by atoms with Crippen LogP contribution in [0.2, 0.25) is 0 Å². The number of rotatable bonds is 9. The number of unbranched alkanes of at least 4 members (excludes halogenated alkanes) is 1. The summed E-state index contributed by atoms with van der Waals surface area (Å²) in [5.74, 6) is 2.41. The lowest BCUT2D eigenvalue weighted by atomic mass is 10.1. The van der Waals surface area contributed by atoms with Gasteiger partial charge in [-0.05, 0) is 30.2 Å². The van der Waals surface area contributed by atoms with E-state index in [-0.39, 0.29) is 25.2 Å². The average Bonchev–Trinajstić information content (AvgIpc) is 3.64. The van der Waals surface area contributed by atoms with Crippen molar-refractivity contribution >= 4 is 17.8 Å². The van der Waals surface area contributed by atoms with E-state index in [1.807, 2.05) is 31.2 Å². The molecule has 2 amide bonds. The molecule has 3 aromatic rings. The SMILES string of the molecule is CCCCOC(=O)N1CCN(c2ccnc(-n3ccnc3)n2)CC1CC(=O)NCc1ccc2c(c1)OCO2. The summed E-state index contributed by atoms with van der Waals surface area (Å²) in [5, 5.41) is 2.96. The molecule has 0 spiro atoms. The average molecular weight is 522 g/mol. The predicted octanol–water partition coefficient (Wildman–Crippen LogP) is 2.52. The van der Waals surface area contributed by atoms with Crippen molar-refractivity contribution in [3.8, 4) is 17.4 Å². The number of benzene rings is 1. The highest BCUT2D eigenvalue weighted by molar-refractivity contribution is 5.78. The number of carbonyl (C=O) groups excluding carboxylic acids is 2. The fraction of sp³-hybridized carbons (Fsp3) is 0.423. The molecule has 2 aliphatic rings. The Morgan fingerprint density at radius 2 is 2.05 bits per heavy atom. The monoisotopic (exact) mass is 521 g/mol. The minimum Gasteiger partial charge on any atom is -0.454 e. The molecule has 38 heavy (non-hydrogen) atoms. The maximum atomic E-state index is 13.0. The minimum atomic E-state index is -0.395. The Labute approximate surface area is 220 Å². The number of nitrogens with zero attached hydrogens (tertiary/aromatic N) is 6. The number of ether oxygens (including phenoxy) is 3. The zero-order chi connectivity index (χ0) is 26.3. The molecule has 2 aliphatic heterocycles. The second-order valence-electron chi connectivity index (χ2n) is 9.11. The third-order valence-corrected chi connectivity index (χ3v) is 6.48. The largest absolute Gasteiger partial charge is 0.454 e. The number of imidazole rings is 1. The highest BCUT2D eigenvalue weighted by Gasteiger charge is 2.33. The summed E-state index contributed by atoms with van der Waals surface area (Å²) in [6, 6.07) is 7.01. The number of hydrogen-bond acceptors (Lipinski definition) is 9. The van der Waals surface area contributed by atoms with Gasteiger partial charge in [0, 0.05) is 51.2 Å². The number of piperazine rings is 1. The van der Waals surface area contributed by atoms with Gasteiger partial charge in [0.05, 0.1) is 12.6 Å². The lowest BCUT2D eigenvalue weighted by Crippen LogP contribution is -2.56. The van der Waals surface area contributed by atoms with E-state index in [2.05, 4.69) is 25.2 Å². The predicted molar refractivity (Wildman–Crippen MR) is 137 cm³/mol. The van der Waals surface area contributed by atoms with Crippen molar-refractivity contribution in [2.75, 3.05) is 37.9 Å². The van der Waals surface area contributed by atoms with Crippen LogP contribution in [0, 0.1) is 0 Å². The lowest BCUT2D eigenvalue weighted by molar-refractivity contribution is -0.122. The van der Waals surface area contributed by atoms with Crippen molar-refractivity contribution in [2.45, 2.75) is 38.8 Å². The number of carbonyl (C=O) groups is 2. The van der Waals surface area contributed by atoms with Gasteiger partial charge < -0.3 is 29.3 Å². The molecule has 4 heterocycles. The number of aromatic nitrogens is 4. The summed E-state index contributed by atoms with van der Waals surface area (Å²) in [6.07, 6.45) is 8.22. The zero-order valence-electron chi connectivity index (χ0n) is 21.3. The summed E-state index contributed by atoms with van der Waals surface area (Å²) in [4.78, 5) is 42.7. The van der Waals surface area contributed by atoms with Crippen LogP contribution in [0.3, 0.4) is 0 Å². The summed E-state index contributed by atoms with van der Waals surface area (Å²) in [5.41, 5.74) is 0.900. The van der Waals surface area contributed by atoms with Gasteiger partial charge >= 0.3 is 6.09 Å². The quantitative estimate of drug-likeness (QED) is 0.423. The van der Waals surface area contributed by atoms with Gasteiger partial charge in [-0.3, -0.25) is 9.36 Å². The van der Waals surface area contributed by atoms with Crippen molar-refractivity contribution in [1.82, 2.24) is 29.7 Å². The van der Waals surface area contributed by atoms with E-state index in [1.165, 1.54) is 0 Å². The molecule has 5 rings (SSSR count). The molecule has 12 heteroatoms. The van der Waals surface area contributed by atoms with Crippen LogP contribution in [-0.4, -0.2) is 75.5 Å². The van der Waals surface area contributed by atoms with Gasteiger partial charge in [-0.2, -0.15) is 4.98 Å². The fourth-order valence-electron chi connectivity index (χ4n) is 4.42. The Bertz CT molecular complexity index is 1250. The molecular weight excluding hydrogens is 490 g/mol. The maximum absolute atomic E-state index is 13.0. The van der Waals surface area contributed by atoms with Crippen molar-refractivity contribution in [1.29, 1.82) is 0 Å². The number of anilines is 1. The molecule has 0 bridgehead atoms. The highest BCUT2D eigenvalue weighted by atomic mass is 16.7. The minimum absolute atomic E-state index is 0.128. The van der Waals surface area contributed by atoms with Crippen LogP contribution in [0.5, 0.6) is 11.5 Å². The van der Waals surface area contributed by atoms with Gasteiger partial charge in [0.15, 0.2) is 11.5 Å². The van der Waals surface area contributed by atoms with Crippen molar-refractivity contribution in [3.63, 3.8) is 0 Å². The van der Waals surface area contributed by atoms with Crippen LogP contribution in [0.25, 0.3) is 5.95 Å². The fourth-order valence-corrected chi connectivity index (χ4v) is 4.42. The van der Waals surface area contributed by atoms with Gasteiger partial charge in [0.2, 0.25) is 18.6 Å². The number of fused-ring (bicyclic) bond motifs is 1. The Morgan fingerprint density at radius 1 is 1.16 bits per heavy atom. The van der Waals surface area contributed by atoms with Crippen LogP contribution in [0.4, 0.5) is 10.6 Å². The van der Waals surface area contributed by atoms with Crippen LogP contribution in [0.1, 0.15) is 31.7 Å². The molecule has 1 fully saturated rings. The third-order valence-electron chi connectivity index (χ3n) is 6.48. The molecule has 1 N–H and O–H groups in total. The molecule has 0 aliphatic carbocycles. The zero-order valence-corrected chi connectivity index (χ0v) is 21.3. The second-order valence-corrected chi connectivity index (χ2v) is 9.11. The Hall–Kier alpha value is -4.35. The van der Waals surface area contributed by atoms with Gasteiger partial charge in [-0.25, -0.2) is 14.8 Å². The summed E-state index contributed by atoms with van der Waals surface area (Å²) in [6.45, 7) is 4.34. The maximum Gasteiger partial charge on any atom is 0.410 e. The molecule has 2 aromatic heterocycles. The normalized spacial score (nSPS) is 16.4. The van der Waals surface area contributed by atoms with Gasteiger partial charge in [-0.15, -0.1) is 0 Å². The molecular formula is C26H31N7O5. The molecule has 1 saturated heterocycles. The molecule has 0 saturated carbocycles. The number of nitrogens with one attached hydrogen (secondary N) is 1. The van der Waals surface area contributed by atoms with Gasteiger partial charge in [0.25, 0.3) is 0 Å². The van der Waals surface area contributed by atoms with E-state index in [4.69, 9.17) is 14.2 Å². The van der Waals surface area contributed by atoms with Crippen molar-refractivity contribution < 1.29 is 23.8 Å². The molecule has 1 atom stereocenters. The number of hydrogen-bond donors (Lipinski definition) is 1. The summed E-state index contributed by atoms with van der Waals surface area (Å²) in [7, 11) is 0. The summed E-state index contributed by atoms with van der Waals surface area (Å²) >= 11 is 0. The van der Waals surface area contributed by atoms with E-state index in [9.17, 15) is 9.59 Å².